The maximum atomic E-state index is 10.9. The van der Waals surface area contributed by atoms with Crippen molar-refractivity contribution >= 4 is 28.7 Å². The molecule has 1 fully saturated rings. The monoisotopic (exact) mass is 289 g/mol. The summed E-state index contributed by atoms with van der Waals surface area (Å²) in [5, 5.41) is 0.929. The van der Waals surface area contributed by atoms with E-state index in [1.54, 1.807) is 12.4 Å². The standard InChI is InChI=1S/C13H15N5OS/c1-10-11(9-19)20-13(16-10)18-7-5-17(6-8-18)12-14-3-2-4-15-12/h2-4,9H,5-8H2,1H3. The Balaban J connectivity index is 1.67. The van der Waals surface area contributed by atoms with Crippen LogP contribution in [0.2, 0.25) is 0 Å². The van der Waals surface area contributed by atoms with E-state index < -0.39 is 0 Å². The second-order valence-electron chi connectivity index (χ2n) is 4.59. The molecule has 0 bridgehead atoms. The summed E-state index contributed by atoms with van der Waals surface area (Å²) in [5.41, 5.74) is 0.814. The van der Waals surface area contributed by atoms with Gasteiger partial charge in [0.1, 0.15) is 0 Å². The van der Waals surface area contributed by atoms with E-state index >= 15 is 0 Å². The topological polar surface area (TPSA) is 62.2 Å². The molecule has 0 unspecified atom stereocenters. The van der Waals surface area contributed by atoms with Crippen molar-refractivity contribution in [2.45, 2.75) is 6.92 Å². The summed E-state index contributed by atoms with van der Waals surface area (Å²) in [7, 11) is 0. The molecule has 0 amide bonds. The van der Waals surface area contributed by atoms with E-state index in [4.69, 9.17) is 0 Å². The summed E-state index contributed by atoms with van der Waals surface area (Å²) in [5.74, 6) is 0.774. The van der Waals surface area contributed by atoms with E-state index in [2.05, 4.69) is 24.8 Å². The lowest BCUT2D eigenvalue weighted by atomic mass is 10.3. The fourth-order valence-corrected chi connectivity index (χ4v) is 3.12. The average Bonchev–Trinajstić information content (AvgIpc) is 2.89. The van der Waals surface area contributed by atoms with Gasteiger partial charge in [-0.1, -0.05) is 11.3 Å². The van der Waals surface area contributed by atoms with Gasteiger partial charge in [-0.2, -0.15) is 0 Å². The maximum absolute atomic E-state index is 10.9. The maximum Gasteiger partial charge on any atom is 0.225 e. The number of aromatic nitrogens is 3. The molecule has 0 aliphatic carbocycles. The quantitative estimate of drug-likeness (QED) is 0.796. The molecule has 6 nitrogen and oxygen atoms in total. The first-order valence-corrected chi connectivity index (χ1v) is 7.29. The molecular formula is C13H15N5OS. The lowest BCUT2D eigenvalue weighted by Gasteiger charge is -2.34. The highest BCUT2D eigenvalue weighted by Gasteiger charge is 2.21. The molecule has 3 rings (SSSR count). The number of carbonyl (C=O) groups excluding carboxylic acids is 1. The Morgan fingerprint density at radius 1 is 1.15 bits per heavy atom. The van der Waals surface area contributed by atoms with Crippen molar-refractivity contribution < 1.29 is 4.79 Å². The van der Waals surface area contributed by atoms with Crippen LogP contribution in [-0.2, 0) is 0 Å². The molecule has 0 N–H and O–H groups in total. The van der Waals surface area contributed by atoms with Crippen LogP contribution in [0.3, 0.4) is 0 Å². The minimum Gasteiger partial charge on any atom is -0.345 e. The van der Waals surface area contributed by atoms with Crippen molar-refractivity contribution in [2.75, 3.05) is 36.0 Å². The van der Waals surface area contributed by atoms with E-state index in [0.29, 0.717) is 4.88 Å². The third-order valence-electron chi connectivity index (χ3n) is 3.31. The van der Waals surface area contributed by atoms with Crippen LogP contribution < -0.4 is 9.80 Å². The number of anilines is 2. The first-order chi connectivity index (χ1) is 9.78. The number of aryl methyl sites for hydroxylation is 1. The summed E-state index contributed by atoms with van der Waals surface area (Å²) in [4.78, 5) is 29.0. The summed E-state index contributed by atoms with van der Waals surface area (Å²) < 4.78 is 0. The lowest BCUT2D eigenvalue weighted by Crippen LogP contribution is -2.47. The molecule has 2 aromatic heterocycles. The van der Waals surface area contributed by atoms with Gasteiger partial charge in [-0.25, -0.2) is 15.0 Å². The first kappa shape index (κ1) is 13.0. The molecule has 104 valence electrons. The molecule has 1 aliphatic heterocycles. The highest BCUT2D eigenvalue weighted by Crippen LogP contribution is 2.26. The predicted octanol–water partition coefficient (Wildman–Crippen LogP) is 1.38. The summed E-state index contributed by atoms with van der Waals surface area (Å²) in [6, 6.07) is 1.82. The molecular weight excluding hydrogens is 274 g/mol. The Morgan fingerprint density at radius 3 is 2.40 bits per heavy atom. The fraction of sp³-hybridized carbons (Fsp3) is 0.385. The Bertz CT molecular complexity index is 592. The van der Waals surface area contributed by atoms with Crippen LogP contribution in [0.4, 0.5) is 11.1 Å². The SMILES string of the molecule is Cc1nc(N2CCN(c3ncccn3)CC2)sc1C=O. The molecule has 0 spiro atoms. The van der Waals surface area contributed by atoms with Gasteiger partial charge in [-0.05, 0) is 13.0 Å². The van der Waals surface area contributed by atoms with Crippen molar-refractivity contribution in [3.05, 3.63) is 29.0 Å². The van der Waals surface area contributed by atoms with Crippen LogP contribution in [0.25, 0.3) is 0 Å². The van der Waals surface area contributed by atoms with Crippen molar-refractivity contribution in [3.8, 4) is 0 Å². The average molecular weight is 289 g/mol. The van der Waals surface area contributed by atoms with Crippen molar-refractivity contribution in [1.82, 2.24) is 15.0 Å². The number of hydrogen-bond donors (Lipinski definition) is 0. The second kappa shape index (κ2) is 5.54. The number of aldehydes is 1. The fourth-order valence-electron chi connectivity index (χ4n) is 2.19. The zero-order valence-electron chi connectivity index (χ0n) is 11.2. The zero-order valence-corrected chi connectivity index (χ0v) is 12.0. The lowest BCUT2D eigenvalue weighted by molar-refractivity contribution is 0.112. The van der Waals surface area contributed by atoms with E-state index in [9.17, 15) is 4.79 Å². The third kappa shape index (κ3) is 2.49. The van der Waals surface area contributed by atoms with Gasteiger partial charge in [-0.3, -0.25) is 4.79 Å². The van der Waals surface area contributed by atoms with Gasteiger partial charge in [0.05, 0.1) is 10.6 Å². The molecule has 0 aromatic carbocycles. The molecule has 0 atom stereocenters. The van der Waals surface area contributed by atoms with Gasteiger partial charge in [0, 0.05) is 38.6 Å². The Hall–Kier alpha value is -2.02. The predicted molar refractivity (Wildman–Crippen MR) is 78.7 cm³/mol. The van der Waals surface area contributed by atoms with E-state index in [1.807, 2.05) is 13.0 Å². The van der Waals surface area contributed by atoms with Gasteiger partial charge in [-0.15, -0.1) is 0 Å². The number of rotatable bonds is 3. The summed E-state index contributed by atoms with van der Waals surface area (Å²) in [6.07, 6.45) is 4.40. The number of nitrogens with zero attached hydrogens (tertiary/aromatic N) is 5. The number of piperazine rings is 1. The summed E-state index contributed by atoms with van der Waals surface area (Å²) >= 11 is 1.46. The van der Waals surface area contributed by atoms with Gasteiger partial charge in [0.15, 0.2) is 11.4 Å². The molecule has 2 aromatic rings. The first-order valence-electron chi connectivity index (χ1n) is 6.47. The van der Waals surface area contributed by atoms with Crippen LogP contribution >= 0.6 is 11.3 Å². The largest absolute Gasteiger partial charge is 0.345 e. The van der Waals surface area contributed by atoms with Crippen LogP contribution in [0.1, 0.15) is 15.4 Å². The number of thiazole rings is 1. The van der Waals surface area contributed by atoms with E-state index in [-0.39, 0.29) is 0 Å². The minimum absolute atomic E-state index is 0.717. The Kier molecular flexibility index (Phi) is 3.60. The molecule has 0 radical (unpaired) electrons. The van der Waals surface area contributed by atoms with Gasteiger partial charge in [0.25, 0.3) is 0 Å². The highest BCUT2D eigenvalue weighted by molar-refractivity contribution is 7.17. The van der Waals surface area contributed by atoms with Crippen molar-refractivity contribution in [1.29, 1.82) is 0 Å². The molecule has 0 saturated carbocycles. The Morgan fingerprint density at radius 2 is 1.80 bits per heavy atom. The van der Waals surface area contributed by atoms with Gasteiger partial charge in [0.2, 0.25) is 5.95 Å². The Labute approximate surface area is 121 Å². The van der Waals surface area contributed by atoms with Gasteiger partial charge >= 0.3 is 0 Å². The normalized spacial score (nSPS) is 15.4. The molecule has 20 heavy (non-hydrogen) atoms. The third-order valence-corrected chi connectivity index (χ3v) is 4.46. The van der Waals surface area contributed by atoms with Crippen LogP contribution in [0.5, 0.6) is 0 Å². The number of carbonyl (C=O) groups is 1. The van der Waals surface area contributed by atoms with Crippen LogP contribution in [-0.4, -0.2) is 47.4 Å². The molecule has 7 heteroatoms. The number of hydrogen-bond acceptors (Lipinski definition) is 7. The molecule has 1 aliphatic rings. The molecule has 1 saturated heterocycles. The van der Waals surface area contributed by atoms with Crippen molar-refractivity contribution in [2.24, 2.45) is 0 Å². The second-order valence-corrected chi connectivity index (χ2v) is 5.60. The highest BCUT2D eigenvalue weighted by atomic mass is 32.1. The minimum atomic E-state index is 0.717. The van der Waals surface area contributed by atoms with Crippen LogP contribution in [0.15, 0.2) is 18.5 Å². The molecule has 3 heterocycles. The van der Waals surface area contributed by atoms with Gasteiger partial charge < -0.3 is 9.80 Å². The van der Waals surface area contributed by atoms with E-state index in [1.165, 1.54) is 11.3 Å². The van der Waals surface area contributed by atoms with E-state index in [0.717, 1.165) is 49.2 Å². The summed E-state index contributed by atoms with van der Waals surface area (Å²) in [6.45, 7) is 5.32. The smallest absolute Gasteiger partial charge is 0.225 e. The zero-order chi connectivity index (χ0) is 13.9. The van der Waals surface area contributed by atoms with Crippen LogP contribution in [0, 0.1) is 6.92 Å². The van der Waals surface area contributed by atoms with Crippen molar-refractivity contribution in [3.63, 3.8) is 0 Å².